The number of benzene rings is 1. The molecule has 24 heavy (non-hydrogen) atoms. The van der Waals surface area contributed by atoms with Crippen LogP contribution < -0.4 is 5.32 Å². The molecule has 0 atom stereocenters. The van der Waals surface area contributed by atoms with E-state index in [2.05, 4.69) is 20.3 Å². The highest BCUT2D eigenvalue weighted by Gasteiger charge is 2.05. The molecular weight excluding hydrogens is 320 g/mol. The summed E-state index contributed by atoms with van der Waals surface area (Å²) < 4.78 is 0. The van der Waals surface area contributed by atoms with E-state index in [1.165, 1.54) is 22.9 Å². The molecule has 0 fully saturated rings. The molecule has 5 nitrogen and oxygen atoms in total. The van der Waals surface area contributed by atoms with Crippen LogP contribution in [0.25, 0.3) is 0 Å². The first-order valence-corrected chi connectivity index (χ1v) is 8.46. The van der Waals surface area contributed by atoms with Gasteiger partial charge in [0, 0.05) is 30.5 Å². The molecule has 0 aliphatic rings. The van der Waals surface area contributed by atoms with E-state index in [4.69, 9.17) is 0 Å². The van der Waals surface area contributed by atoms with Gasteiger partial charge in [-0.25, -0.2) is 9.97 Å². The zero-order valence-electron chi connectivity index (χ0n) is 12.9. The topological polar surface area (TPSA) is 67.8 Å². The lowest BCUT2D eigenvalue weighted by Crippen LogP contribution is -2.14. The molecule has 0 bridgehead atoms. The van der Waals surface area contributed by atoms with Gasteiger partial charge in [0.15, 0.2) is 5.16 Å². The van der Waals surface area contributed by atoms with Crippen molar-refractivity contribution < 1.29 is 4.79 Å². The van der Waals surface area contributed by atoms with Gasteiger partial charge in [-0.1, -0.05) is 23.9 Å². The third-order valence-corrected chi connectivity index (χ3v) is 4.15. The molecule has 0 radical (unpaired) electrons. The lowest BCUT2D eigenvalue weighted by molar-refractivity contribution is -0.113. The van der Waals surface area contributed by atoms with Crippen molar-refractivity contribution in [2.45, 2.75) is 11.6 Å². The van der Waals surface area contributed by atoms with Gasteiger partial charge in [-0.2, -0.15) is 0 Å². The fourth-order valence-electron chi connectivity index (χ4n) is 2.13. The molecule has 3 rings (SSSR count). The van der Waals surface area contributed by atoms with Crippen molar-refractivity contribution in [3.05, 3.63) is 78.4 Å². The van der Waals surface area contributed by atoms with Crippen LogP contribution in [0.5, 0.6) is 0 Å². The average molecular weight is 336 g/mol. The second-order valence-corrected chi connectivity index (χ2v) is 6.04. The van der Waals surface area contributed by atoms with Crippen LogP contribution in [-0.2, 0) is 11.2 Å². The van der Waals surface area contributed by atoms with Crippen molar-refractivity contribution >= 4 is 23.4 Å². The number of carbonyl (C=O) groups excluding carboxylic acids is 1. The van der Waals surface area contributed by atoms with Gasteiger partial charge in [-0.3, -0.25) is 9.78 Å². The minimum absolute atomic E-state index is 0.0747. The fraction of sp³-hybridized carbons (Fsp3) is 0.111. The third kappa shape index (κ3) is 4.89. The number of pyridine rings is 1. The molecule has 0 spiro atoms. The highest BCUT2D eigenvalue weighted by Crippen LogP contribution is 2.15. The molecule has 2 heterocycles. The first-order valence-electron chi connectivity index (χ1n) is 7.47. The molecular formula is C18H16N4OS. The van der Waals surface area contributed by atoms with E-state index in [1.807, 2.05) is 36.4 Å². The van der Waals surface area contributed by atoms with E-state index in [-0.39, 0.29) is 11.7 Å². The van der Waals surface area contributed by atoms with Crippen molar-refractivity contribution in [3.8, 4) is 0 Å². The van der Waals surface area contributed by atoms with Crippen LogP contribution in [0.3, 0.4) is 0 Å². The Morgan fingerprint density at radius 2 is 1.58 bits per heavy atom. The molecule has 1 aromatic carbocycles. The Morgan fingerprint density at radius 3 is 2.29 bits per heavy atom. The zero-order chi connectivity index (χ0) is 16.6. The lowest BCUT2D eigenvalue weighted by Gasteiger charge is -2.06. The lowest BCUT2D eigenvalue weighted by atomic mass is 10.1. The summed E-state index contributed by atoms with van der Waals surface area (Å²) in [4.78, 5) is 24.1. The maximum atomic E-state index is 12.0. The number of anilines is 1. The summed E-state index contributed by atoms with van der Waals surface area (Å²) in [6.07, 6.45) is 7.75. The van der Waals surface area contributed by atoms with Crippen LogP contribution in [0.4, 0.5) is 5.69 Å². The van der Waals surface area contributed by atoms with E-state index in [0.29, 0.717) is 5.16 Å². The van der Waals surface area contributed by atoms with Gasteiger partial charge in [0.1, 0.15) is 0 Å². The summed E-state index contributed by atoms with van der Waals surface area (Å²) in [5.74, 6) is 0.206. The Balaban J connectivity index is 1.51. The number of nitrogens with zero attached hydrogens (tertiary/aromatic N) is 3. The van der Waals surface area contributed by atoms with Gasteiger partial charge in [-0.15, -0.1) is 0 Å². The van der Waals surface area contributed by atoms with Gasteiger partial charge in [0.05, 0.1) is 5.75 Å². The number of rotatable bonds is 6. The van der Waals surface area contributed by atoms with E-state index < -0.39 is 0 Å². The molecule has 0 unspecified atom stereocenters. The number of carbonyl (C=O) groups is 1. The molecule has 120 valence electrons. The van der Waals surface area contributed by atoms with Crippen LogP contribution in [0.15, 0.2) is 72.4 Å². The maximum Gasteiger partial charge on any atom is 0.234 e. The normalized spacial score (nSPS) is 10.3. The second-order valence-electron chi connectivity index (χ2n) is 5.10. The number of thioether (sulfide) groups is 1. The number of hydrogen-bond acceptors (Lipinski definition) is 5. The smallest absolute Gasteiger partial charge is 0.234 e. The molecule has 1 amide bonds. The maximum absolute atomic E-state index is 12.0. The molecule has 6 heteroatoms. The van der Waals surface area contributed by atoms with Gasteiger partial charge >= 0.3 is 0 Å². The first kappa shape index (κ1) is 16.1. The zero-order valence-corrected chi connectivity index (χ0v) is 13.7. The summed E-state index contributed by atoms with van der Waals surface area (Å²) in [5, 5.41) is 3.48. The minimum atomic E-state index is -0.0747. The minimum Gasteiger partial charge on any atom is -0.325 e. The summed E-state index contributed by atoms with van der Waals surface area (Å²) in [6, 6.07) is 13.6. The van der Waals surface area contributed by atoms with Crippen LogP contribution in [0, 0.1) is 0 Å². The van der Waals surface area contributed by atoms with Gasteiger partial charge < -0.3 is 5.32 Å². The largest absolute Gasteiger partial charge is 0.325 e. The quantitative estimate of drug-likeness (QED) is 0.553. The van der Waals surface area contributed by atoms with E-state index in [9.17, 15) is 4.79 Å². The molecule has 1 N–H and O–H groups in total. The Bertz CT molecular complexity index is 779. The summed E-state index contributed by atoms with van der Waals surface area (Å²) >= 11 is 1.31. The molecule has 0 aliphatic carbocycles. The third-order valence-electron chi connectivity index (χ3n) is 3.27. The van der Waals surface area contributed by atoms with Crippen molar-refractivity contribution in [3.63, 3.8) is 0 Å². The van der Waals surface area contributed by atoms with E-state index >= 15 is 0 Å². The SMILES string of the molecule is O=C(CSc1ncccn1)Nc1ccc(Cc2ccncc2)cc1. The van der Waals surface area contributed by atoms with Crippen molar-refractivity contribution in [1.29, 1.82) is 0 Å². The highest BCUT2D eigenvalue weighted by molar-refractivity contribution is 7.99. The molecule has 0 saturated carbocycles. The fourth-order valence-corrected chi connectivity index (χ4v) is 2.73. The van der Waals surface area contributed by atoms with Gasteiger partial charge in [0.25, 0.3) is 0 Å². The van der Waals surface area contributed by atoms with Crippen LogP contribution in [0.1, 0.15) is 11.1 Å². The van der Waals surface area contributed by atoms with E-state index in [0.717, 1.165) is 12.1 Å². The molecule has 0 saturated heterocycles. The Kier molecular flexibility index (Phi) is 5.52. The van der Waals surface area contributed by atoms with Gasteiger partial charge in [0.2, 0.25) is 5.91 Å². The predicted octanol–water partition coefficient (Wildman–Crippen LogP) is 3.19. The Hall–Kier alpha value is -2.73. The second kappa shape index (κ2) is 8.21. The average Bonchev–Trinajstić information content (AvgIpc) is 2.63. The molecule has 2 aromatic heterocycles. The van der Waals surface area contributed by atoms with Crippen molar-refractivity contribution in [2.24, 2.45) is 0 Å². The number of nitrogens with one attached hydrogen (secondary N) is 1. The Morgan fingerprint density at radius 1 is 0.917 bits per heavy atom. The number of aromatic nitrogens is 3. The number of amides is 1. The van der Waals surface area contributed by atoms with Crippen LogP contribution in [0.2, 0.25) is 0 Å². The van der Waals surface area contributed by atoms with Gasteiger partial charge in [-0.05, 0) is 47.9 Å². The first-order chi connectivity index (χ1) is 11.8. The standard InChI is InChI=1S/C18H16N4OS/c23-17(13-24-18-20-8-1-9-21-18)22-16-4-2-14(3-5-16)12-15-6-10-19-11-7-15/h1-11H,12-13H2,(H,22,23). The summed E-state index contributed by atoms with van der Waals surface area (Å²) in [7, 11) is 0. The van der Waals surface area contributed by atoms with Crippen LogP contribution >= 0.6 is 11.8 Å². The Labute approximate surface area is 144 Å². The monoisotopic (exact) mass is 336 g/mol. The summed E-state index contributed by atoms with van der Waals surface area (Å²) in [6.45, 7) is 0. The number of hydrogen-bond donors (Lipinski definition) is 1. The highest BCUT2D eigenvalue weighted by atomic mass is 32.2. The molecule has 0 aliphatic heterocycles. The van der Waals surface area contributed by atoms with Crippen LogP contribution in [-0.4, -0.2) is 26.6 Å². The summed E-state index contributed by atoms with van der Waals surface area (Å²) in [5.41, 5.74) is 3.18. The van der Waals surface area contributed by atoms with Crippen molar-refractivity contribution in [2.75, 3.05) is 11.1 Å². The van der Waals surface area contributed by atoms with Crippen molar-refractivity contribution in [1.82, 2.24) is 15.0 Å². The molecule has 3 aromatic rings. The predicted molar refractivity (Wildman–Crippen MR) is 94.9 cm³/mol. The van der Waals surface area contributed by atoms with E-state index in [1.54, 1.807) is 30.9 Å².